The van der Waals surface area contributed by atoms with Gasteiger partial charge in [0, 0.05) is 23.9 Å². The van der Waals surface area contributed by atoms with Crippen molar-refractivity contribution in [3.05, 3.63) is 41.2 Å². The number of amides is 1. The van der Waals surface area contributed by atoms with Crippen LogP contribution in [0, 0.1) is 0 Å². The maximum Gasteiger partial charge on any atom is 1.00 e. The van der Waals surface area contributed by atoms with Gasteiger partial charge in [-0.1, -0.05) is 0 Å². The van der Waals surface area contributed by atoms with Gasteiger partial charge in [-0.2, -0.15) is 0 Å². The van der Waals surface area contributed by atoms with Gasteiger partial charge in [0.15, 0.2) is 0 Å². The van der Waals surface area contributed by atoms with Crippen LogP contribution in [0.5, 0.6) is 0 Å². The smallest absolute Gasteiger partial charge is 0.742 e. The van der Waals surface area contributed by atoms with Crippen LogP contribution < -0.4 is 56.7 Å². The number of benzene rings is 1. The largest absolute Gasteiger partial charge is 1.00 e. The molecule has 1 amide bonds. The fraction of sp³-hybridized carbons (Fsp3) is 0.312. The fourth-order valence-corrected chi connectivity index (χ4v) is 3.06. The van der Waals surface area contributed by atoms with Gasteiger partial charge in [-0.15, -0.1) is 0 Å². The summed E-state index contributed by atoms with van der Waals surface area (Å²) in [6.45, 7) is 1.44. The molecule has 1 N–H and O–H groups in total. The number of hydrogen-bond acceptors (Lipinski definition) is 4. The van der Waals surface area contributed by atoms with Gasteiger partial charge in [0.2, 0.25) is 5.91 Å². The van der Waals surface area contributed by atoms with Crippen LogP contribution in [0.3, 0.4) is 0 Å². The van der Waals surface area contributed by atoms with Crippen molar-refractivity contribution in [3.63, 3.8) is 0 Å². The topological polar surface area (TPSA) is 64.0 Å². The Hall–Kier alpha value is -0.574. The molecule has 5 nitrogen and oxygen atoms in total. The van der Waals surface area contributed by atoms with E-state index in [0.717, 1.165) is 37.1 Å². The van der Waals surface area contributed by atoms with Crippen molar-refractivity contribution in [1.82, 2.24) is 9.55 Å². The van der Waals surface area contributed by atoms with Gasteiger partial charge in [0.25, 0.3) is 5.91 Å². The number of carbonyl (C=O) groups excluding carboxylic acids is 2. The van der Waals surface area contributed by atoms with Crippen LogP contribution in [0.1, 0.15) is 41.5 Å². The van der Waals surface area contributed by atoms with E-state index in [4.69, 9.17) is 12.6 Å². The first-order valence-corrected chi connectivity index (χ1v) is 7.67. The van der Waals surface area contributed by atoms with Crippen LogP contribution in [0.25, 0.3) is 0 Å². The number of nitrogens with one attached hydrogen (secondary N) is 1. The Labute approximate surface area is 183 Å². The van der Waals surface area contributed by atoms with Gasteiger partial charge in [-0.05, 0) is 55.1 Å². The zero-order chi connectivity index (χ0) is 15.7. The molecule has 0 bridgehead atoms. The van der Waals surface area contributed by atoms with Crippen molar-refractivity contribution in [3.8, 4) is 0 Å². The van der Waals surface area contributed by atoms with Crippen molar-refractivity contribution in [2.75, 3.05) is 5.32 Å². The zero-order valence-corrected chi connectivity index (χ0v) is 17.2. The number of aryl methyl sites for hydroxylation is 1. The summed E-state index contributed by atoms with van der Waals surface area (Å²) in [6.07, 6.45) is 3.88. The summed E-state index contributed by atoms with van der Waals surface area (Å²) in [7, 11) is 0. The normalized spacial score (nSPS) is 12.9. The molecule has 0 atom stereocenters. The van der Waals surface area contributed by atoms with Crippen molar-refractivity contribution < 1.29 is 61.0 Å². The first-order valence-electron chi connectivity index (χ1n) is 7.26. The molecule has 7 heteroatoms. The van der Waals surface area contributed by atoms with Crippen molar-refractivity contribution in [1.29, 1.82) is 0 Å². The maximum atomic E-state index is 12.7. The molecule has 1 aromatic carbocycles. The number of anilines is 1. The van der Waals surface area contributed by atoms with Gasteiger partial charge < -0.3 is 17.9 Å². The number of nitrogens with zero attached hydrogens (tertiary/aromatic N) is 2. The molecule has 1 aromatic heterocycles. The summed E-state index contributed by atoms with van der Waals surface area (Å²) in [4.78, 5) is 28.1. The molecule has 1 heterocycles. The second-order valence-electron chi connectivity index (χ2n) is 5.39. The Morgan fingerprint density at radius 3 is 2.48 bits per heavy atom. The van der Waals surface area contributed by atoms with Crippen LogP contribution in [0.2, 0.25) is 0 Å². The van der Waals surface area contributed by atoms with E-state index in [1.807, 2.05) is 0 Å². The van der Waals surface area contributed by atoms with E-state index in [9.17, 15) is 9.59 Å². The van der Waals surface area contributed by atoms with E-state index in [1.165, 1.54) is 6.92 Å². The van der Waals surface area contributed by atoms with Gasteiger partial charge in [0.05, 0.1) is 5.69 Å². The average molecular weight is 353 g/mol. The molecular weight excluding hydrogens is 337 g/mol. The third kappa shape index (κ3) is 4.10. The number of rotatable bonds is 2. The summed E-state index contributed by atoms with van der Waals surface area (Å²) < 4.78 is 1.55. The molecule has 0 unspecified atom stereocenters. The van der Waals surface area contributed by atoms with E-state index in [1.54, 1.807) is 28.8 Å². The Morgan fingerprint density at radius 1 is 1.17 bits per heavy atom. The minimum Gasteiger partial charge on any atom is -0.742 e. The SMILES string of the molecule is CC(=O)Nc1ccc(C(=O)n2c([S-])nc3c2CCCC3)cc1.[K+]. The number of imidazole rings is 1. The molecular formula is C16H16KN3O2S. The van der Waals surface area contributed by atoms with Crippen molar-refractivity contribution >= 4 is 30.1 Å². The van der Waals surface area contributed by atoms with E-state index in [2.05, 4.69) is 10.3 Å². The number of fused-ring (bicyclic) bond motifs is 1. The predicted molar refractivity (Wildman–Crippen MR) is 85.0 cm³/mol. The monoisotopic (exact) mass is 353 g/mol. The molecule has 0 saturated carbocycles. The van der Waals surface area contributed by atoms with E-state index in [-0.39, 0.29) is 63.2 Å². The molecule has 1 aliphatic rings. The second kappa shape index (κ2) is 8.00. The predicted octanol–water partition coefficient (Wildman–Crippen LogP) is -0.681. The van der Waals surface area contributed by atoms with E-state index >= 15 is 0 Å². The average Bonchev–Trinajstić information content (AvgIpc) is 2.82. The summed E-state index contributed by atoms with van der Waals surface area (Å²) in [5, 5.41) is 3.01. The van der Waals surface area contributed by atoms with Crippen molar-refractivity contribution in [2.24, 2.45) is 0 Å². The van der Waals surface area contributed by atoms with Gasteiger partial charge in [-0.3, -0.25) is 19.1 Å². The number of carbonyl (C=O) groups is 2. The summed E-state index contributed by atoms with van der Waals surface area (Å²) >= 11 is 5.25. The van der Waals surface area contributed by atoms with Gasteiger partial charge in [0.1, 0.15) is 0 Å². The number of hydrogen-bond donors (Lipinski definition) is 1. The fourth-order valence-electron chi connectivity index (χ4n) is 2.75. The minimum atomic E-state index is -0.157. The summed E-state index contributed by atoms with van der Waals surface area (Å²) in [5.74, 6) is -0.300. The molecule has 0 spiro atoms. The molecule has 2 aromatic rings. The Balaban J connectivity index is 0.00000192. The molecule has 3 rings (SSSR count). The van der Waals surface area contributed by atoms with Crippen LogP contribution in [-0.4, -0.2) is 21.4 Å². The second-order valence-corrected chi connectivity index (χ2v) is 5.76. The minimum absolute atomic E-state index is 0. The third-order valence-electron chi connectivity index (χ3n) is 3.76. The first-order chi connectivity index (χ1) is 10.6. The van der Waals surface area contributed by atoms with E-state index < -0.39 is 0 Å². The molecule has 1 aliphatic carbocycles. The Bertz CT molecular complexity index is 741. The molecule has 0 fully saturated rings. The third-order valence-corrected chi connectivity index (χ3v) is 4.03. The standard InChI is InChI=1S/C16H17N3O2S.K/c1-10(20)17-12-8-6-11(7-9-12)15(21)19-14-5-3-2-4-13(14)18-16(19)22;/h6-9H,2-5H2,1H3,(H,17,20)(H,18,22);/q;+1/p-1. The van der Waals surface area contributed by atoms with Crippen LogP contribution in [0.4, 0.5) is 5.69 Å². The summed E-state index contributed by atoms with van der Waals surface area (Å²) in [5.41, 5.74) is 3.10. The molecule has 114 valence electrons. The first kappa shape index (κ1) is 18.8. The Kier molecular flexibility index (Phi) is 6.53. The van der Waals surface area contributed by atoms with Gasteiger partial charge >= 0.3 is 51.4 Å². The molecule has 23 heavy (non-hydrogen) atoms. The molecule has 0 aliphatic heterocycles. The molecule has 0 saturated heterocycles. The van der Waals surface area contributed by atoms with E-state index in [0.29, 0.717) is 16.4 Å². The summed E-state index contributed by atoms with van der Waals surface area (Å²) in [6, 6.07) is 6.80. The van der Waals surface area contributed by atoms with Crippen molar-refractivity contribution in [2.45, 2.75) is 37.8 Å². The number of aromatic nitrogens is 2. The quantitative estimate of drug-likeness (QED) is 0.574. The molecule has 0 radical (unpaired) electrons. The zero-order valence-electron chi connectivity index (χ0n) is 13.3. The maximum absolute atomic E-state index is 12.7. The van der Waals surface area contributed by atoms with Crippen LogP contribution in [-0.2, 0) is 30.3 Å². The van der Waals surface area contributed by atoms with Crippen LogP contribution in [0.15, 0.2) is 29.4 Å². The van der Waals surface area contributed by atoms with Gasteiger partial charge in [-0.25, -0.2) is 0 Å². The van der Waals surface area contributed by atoms with Crippen LogP contribution >= 0.6 is 0 Å². The Morgan fingerprint density at radius 2 is 1.83 bits per heavy atom.